The van der Waals surface area contributed by atoms with Gasteiger partial charge in [0.25, 0.3) is 0 Å². The first-order valence-electron chi connectivity index (χ1n) is 7.14. The Labute approximate surface area is 127 Å². The van der Waals surface area contributed by atoms with E-state index >= 15 is 0 Å². The second-order valence-corrected chi connectivity index (χ2v) is 7.46. The van der Waals surface area contributed by atoms with Gasteiger partial charge in [-0.3, -0.25) is 4.79 Å². The molecule has 0 aliphatic carbocycles. The highest BCUT2D eigenvalue weighted by Crippen LogP contribution is 2.26. The molecule has 0 bridgehead atoms. The number of amides is 1. The third-order valence-corrected chi connectivity index (χ3v) is 3.95. The normalized spacial score (nSPS) is 13.3. The number of benzene rings is 1. The monoisotopic (exact) mass is 293 g/mol. The Kier molecular flexibility index (Phi) is 6.12. The van der Waals surface area contributed by atoms with Crippen LogP contribution in [0.3, 0.4) is 0 Å². The van der Waals surface area contributed by atoms with Crippen molar-refractivity contribution in [2.45, 2.75) is 46.1 Å². The van der Waals surface area contributed by atoms with Crippen LogP contribution < -0.4 is 5.32 Å². The van der Waals surface area contributed by atoms with Crippen LogP contribution in [0, 0.1) is 5.92 Å². The van der Waals surface area contributed by atoms with Gasteiger partial charge in [-0.15, -0.1) is 0 Å². The van der Waals surface area contributed by atoms with Crippen molar-refractivity contribution in [2.24, 2.45) is 5.92 Å². The smallest absolute Gasteiger partial charge is 0.230 e. The van der Waals surface area contributed by atoms with Crippen LogP contribution >= 0.6 is 11.8 Å². The number of carbonyl (C=O) groups is 1. The van der Waals surface area contributed by atoms with Crippen molar-refractivity contribution in [2.75, 3.05) is 12.0 Å². The quantitative estimate of drug-likeness (QED) is 0.883. The van der Waals surface area contributed by atoms with E-state index in [1.165, 1.54) is 11.1 Å². The van der Waals surface area contributed by atoms with Crippen LogP contribution in [0.25, 0.3) is 0 Å². The Morgan fingerprint density at radius 3 is 2.15 bits per heavy atom. The van der Waals surface area contributed by atoms with Crippen molar-refractivity contribution in [1.29, 1.82) is 0 Å². The summed E-state index contributed by atoms with van der Waals surface area (Å²) < 4.78 is 0. The third-order valence-electron chi connectivity index (χ3n) is 3.39. The molecule has 1 unspecified atom stereocenters. The zero-order valence-electron chi connectivity index (χ0n) is 13.5. The molecule has 0 radical (unpaired) electrons. The minimum absolute atomic E-state index is 0.0867. The van der Waals surface area contributed by atoms with E-state index in [1.54, 1.807) is 11.8 Å². The summed E-state index contributed by atoms with van der Waals surface area (Å²) in [6.07, 6.45) is 1.95. The van der Waals surface area contributed by atoms with E-state index in [0.717, 1.165) is 0 Å². The molecule has 1 rings (SSSR count). The predicted octanol–water partition coefficient (Wildman–Crippen LogP) is 4.16. The molecule has 1 amide bonds. The lowest BCUT2D eigenvalue weighted by Crippen LogP contribution is -2.33. The van der Waals surface area contributed by atoms with Gasteiger partial charge in [0.05, 0.1) is 11.8 Å². The Balaban J connectivity index is 2.90. The van der Waals surface area contributed by atoms with Crippen LogP contribution in [0.5, 0.6) is 0 Å². The van der Waals surface area contributed by atoms with Gasteiger partial charge in [0.15, 0.2) is 0 Å². The molecule has 0 aromatic heterocycles. The maximum atomic E-state index is 11.8. The predicted molar refractivity (Wildman–Crippen MR) is 89.2 cm³/mol. The van der Waals surface area contributed by atoms with Gasteiger partial charge >= 0.3 is 0 Å². The Hall–Kier alpha value is -0.960. The van der Waals surface area contributed by atoms with E-state index in [4.69, 9.17) is 0 Å². The fourth-order valence-electron chi connectivity index (χ4n) is 2.17. The van der Waals surface area contributed by atoms with Gasteiger partial charge in [-0.1, -0.05) is 58.9 Å². The zero-order valence-corrected chi connectivity index (χ0v) is 14.3. The second kappa shape index (κ2) is 7.16. The van der Waals surface area contributed by atoms with E-state index in [1.807, 2.05) is 6.26 Å². The van der Waals surface area contributed by atoms with E-state index in [9.17, 15) is 4.79 Å². The molecule has 1 aromatic rings. The summed E-state index contributed by atoms with van der Waals surface area (Å²) in [5, 5.41) is 3.13. The lowest BCUT2D eigenvalue weighted by Gasteiger charge is -2.25. The van der Waals surface area contributed by atoms with E-state index in [2.05, 4.69) is 64.2 Å². The summed E-state index contributed by atoms with van der Waals surface area (Å²) in [7, 11) is 0. The molecule has 3 heteroatoms. The zero-order chi connectivity index (χ0) is 15.3. The van der Waals surface area contributed by atoms with Crippen LogP contribution in [-0.2, 0) is 10.2 Å². The minimum atomic E-state index is 0.0867. The molecule has 0 fully saturated rings. The number of hydrogen-bond donors (Lipinski definition) is 1. The third kappa shape index (κ3) is 4.86. The van der Waals surface area contributed by atoms with Crippen molar-refractivity contribution in [3.05, 3.63) is 35.4 Å². The molecule has 0 heterocycles. The summed E-state index contributed by atoms with van der Waals surface area (Å²) in [6.45, 7) is 10.9. The molecule has 20 heavy (non-hydrogen) atoms. The summed E-state index contributed by atoms with van der Waals surface area (Å²) in [6, 6.07) is 8.72. The van der Waals surface area contributed by atoms with Gasteiger partial charge in [0, 0.05) is 0 Å². The molecule has 0 saturated heterocycles. The Bertz CT molecular complexity index is 431. The highest BCUT2D eigenvalue weighted by Gasteiger charge is 2.19. The van der Waals surface area contributed by atoms with Gasteiger partial charge in [-0.05, 0) is 28.7 Å². The molecule has 0 aliphatic heterocycles. The SMILES string of the molecule is CSCC(=O)NC(c1ccc(C(C)(C)C)cc1)C(C)C. The van der Waals surface area contributed by atoms with E-state index in [0.29, 0.717) is 11.7 Å². The van der Waals surface area contributed by atoms with Crippen molar-refractivity contribution in [3.63, 3.8) is 0 Å². The topological polar surface area (TPSA) is 29.1 Å². The molecule has 1 N–H and O–H groups in total. The van der Waals surface area contributed by atoms with E-state index in [-0.39, 0.29) is 17.4 Å². The summed E-state index contributed by atoms with van der Waals surface area (Å²) in [4.78, 5) is 11.8. The number of hydrogen-bond acceptors (Lipinski definition) is 2. The fourth-order valence-corrected chi connectivity index (χ4v) is 2.52. The highest BCUT2D eigenvalue weighted by molar-refractivity contribution is 7.99. The van der Waals surface area contributed by atoms with Crippen LogP contribution in [0.2, 0.25) is 0 Å². The molecule has 0 aliphatic rings. The summed E-state index contributed by atoms with van der Waals surface area (Å²) in [5.41, 5.74) is 2.66. The van der Waals surface area contributed by atoms with Gasteiger partial charge in [-0.25, -0.2) is 0 Å². The Morgan fingerprint density at radius 1 is 1.20 bits per heavy atom. The van der Waals surface area contributed by atoms with E-state index < -0.39 is 0 Å². The Morgan fingerprint density at radius 2 is 1.75 bits per heavy atom. The van der Waals surface area contributed by atoms with Crippen molar-refractivity contribution in [1.82, 2.24) is 5.32 Å². The average Bonchev–Trinajstić information content (AvgIpc) is 2.35. The first-order valence-corrected chi connectivity index (χ1v) is 8.54. The molecule has 2 nitrogen and oxygen atoms in total. The average molecular weight is 293 g/mol. The molecule has 0 saturated carbocycles. The van der Waals surface area contributed by atoms with Crippen LogP contribution in [0.15, 0.2) is 24.3 Å². The van der Waals surface area contributed by atoms with Crippen molar-refractivity contribution in [3.8, 4) is 0 Å². The number of thioether (sulfide) groups is 1. The molecule has 1 atom stereocenters. The molecule has 0 spiro atoms. The molecule has 112 valence electrons. The van der Waals surface area contributed by atoms with Crippen molar-refractivity contribution < 1.29 is 4.79 Å². The highest BCUT2D eigenvalue weighted by atomic mass is 32.2. The fraction of sp³-hybridized carbons (Fsp3) is 0.588. The maximum absolute atomic E-state index is 11.8. The number of rotatable bonds is 5. The first kappa shape index (κ1) is 17.1. The largest absolute Gasteiger partial charge is 0.348 e. The van der Waals surface area contributed by atoms with Crippen LogP contribution in [0.1, 0.15) is 51.8 Å². The van der Waals surface area contributed by atoms with Crippen LogP contribution in [-0.4, -0.2) is 17.9 Å². The first-order chi connectivity index (χ1) is 9.25. The summed E-state index contributed by atoms with van der Waals surface area (Å²) >= 11 is 1.55. The van der Waals surface area contributed by atoms with Crippen LogP contribution in [0.4, 0.5) is 0 Å². The molecular weight excluding hydrogens is 266 g/mol. The lowest BCUT2D eigenvalue weighted by molar-refractivity contribution is -0.119. The number of nitrogens with one attached hydrogen (secondary N) is 1. The molecule has 1 aromatic carbocycles. The molecular formula is C17H27NOS. The second-order valence-electron chi connectivity index (χ2n) is 6.59. The van der Waals surface area contributed by atoms with Gasteiger partial charge in [0.1, 0.15) is 0 Å². The van der Waals surface area contributed by atoms with Crippen molar-refractivity contribution >= 4 is 17.7 Å². The minimum Gasteiger partial charge on any atom is -0.348 e. The maximum Gasteiger partial charge on any atom is 0.230 e. The van der Waals surface area contributed by atoms with Gasteiger partial charge < -0.3 is 5.32 Å². The standard InChI is InChI=1S/C17H27NOS/c1-12(2)16(18-15(19)11-20-6)13-7-9-14(10-8-13)17(3,4)5/h7-10,12,16H,11H2,1-6H3,(H,18,19). The number of carbonyl (C=O) groups excluding carboxylic acids is 1. The summed E-state index contributed by atoms with van der Waals surface area (Å²) in [5.74, 6) is 1.00. The lowest BCUT2D eigenvalue weighted by atomic mass is 9.85. The van der Waals surface area contributed by atoms with Gasteiger partial charge in [-0.2, -0.15) is 11.8 Å². The van der Waals surface area contributed by atoms with Gasteiger partial charge in [0.2, 0.25) is 5.91 Å².